The fraction of sp³-hybridized carbons (Fsp3) is 0.227. The van der Waals surface area contributed by atoms with Crippen LogP contribution in [-0.4, -0.2) is 12.0 Å². The zero-order chi connectivity index (χ0) is 18.3. The number of benzene rings is 3. The van der Waals surface area contributed by atoms with Gasteiger partial charge in [0.25, 0.3) is 0 Å². The van der Waals surface area contributed by atoms with Gasteiger partial charge < -0.3 is 10.1 Å². The van der Waals surface area contributed by atoms with Crippen molar-refractivity contribution < 1.29 is 9.53 Å². The van der Waals surface area contributed by atoms with Crippen molar-refractivity contribution in [3.8, 4) is 0 Å². The van der Waals surface area contributed by atoms with E-state index in [9.17, 15) is 4.79 Å². The number of hydrogen-bond donors (Lipinski definition) is 1. The number of esters is 1. The third-order valence-electron chi connectivity index (χ3n) is 5.02. The fourth-order valence-corrected chi connectivity index (χ4v) is 4.30. The number of fused-ring (bicyclic) bond motifs is 1. The van der Waals surface area contributed by atoms with E-state index in [0.717, 1.165) is 32.1 Å². The minimum absolute atomic E-state index is 0.215. The van der Waals surface area contributed by atoms with Crippen molar-refractivity contribution in [3.05, 3.63) is 76.3 Å². The van der Waals surface area contributed by atoms with Gasteiger partial charge in [-0.2, -0.15) is 0 Å². The van der Waals surface area contributed by atoms with E-state index in [1.54, 1.807) is 0 Å². The van der Waals surface area contributed by atoms with Crippen molar-refractivity contribution in [3.63, 3.8) is 0 Å². The normalized spacial score (nSPS) is 22.4. The average molecular weight is 410 g/mol. The van der Waals surface area contributed by atoms with E-state index >= 15 is 0 Å². The Labute approximate surface area is 161 Å². The zero-order valence-electron chi connectivity index (χ0n) is 14.8. The van der Waals surface area contributed by atoms with E-state index in [1.165, 1.54) is 0 Å². The molecule has 132 valence electrons. The maximum absolute atomic E-state index is 12.6. The summed E-state index contributed by atoms with van der Waals surface area (Å²) in [6.07, 6.45) is 0.583. The van der Waals surface area contributed by atoms with Gasteiger partial charge in [-0.1, -0.05) is 48.5 Å². The molecule has 1 fully saturated rings. The molecule has 4 rings (SSSR count). The smallest absolute Gasteiger partial charge is 0.329 e. The zero-order valence-corrected chi connectivity index (χ0v) is 16.3. The molecular formula is C22H20BrNO2. The molecule has 1 saturated heterocycles. The van der Waals surface area contributed by atoms with Gasteiger partial charge in [0.05, 0.1) is 0 Å². The summed E-state index contributed by atoms with van der Waals surface area (Å²) in [7, 11) is 0. The first-order chi connectivity index (χ1) is 12.5. The molecule has 3 aromatic rings. The van der Waals surface area contributed by atoms with Crippen LogP contribution >= 0.6 is 15.9 Å². The predicted molar refractivity (Wildman–Crippen MR) is 108 cm³/mol. The van der Waals surface area contributed by atoms with Crippen LogP contribution in [0.1, 0.15) is 24.5 Å². The first kappa shape index (κ1) is 17.1. The third-order valence-corrected chi connectivity index (χ3v) is 5.67. The van der Waals surface area contributed by atoms with Crippen LogP contribution in [0.25, 0.3) is 10.8 Å². The number of hydrogen-bond acceptors (Lipinski definition) is 3. The van der Waals surface area contributed by atoms with E-state index in [0.29, 0.717) is 6.42 Å². The molecule has 2 unspecified atom stereocenters. The summed E-state index contributed by atoms with van der Waals surface area (Å²) >= 11 is 3.57. The van der Waals surface area contributed by atoms with E-state index in [-0.39, 0.29) is 12.0 Å². The monoisotopic (exact) mass is 409 g/mol. The highest BCUT2D eigenvalue weighted by Gasteiger charge is 2.45. The maximum Gasteiger partial charge on any atom is 0.329 e. The van der Waals surface area contributed by atoms with Gasteiger partial charge in [-0.3, -0.25) is 0 Å². The summed E-state index contributed by atoms with van der Waals surface area (Å²) in [5, 5.41) is 5.62. The van der Waals surface area contributed by atoms with Crippen molar-refractivity contribution in [2.75, 3.05) is 5.32 Å². The standard InChI is InChI=1S/C22H20BrNO2/c1-14-10-11-19(18(23)12-14)24-20-13-22(2,26-21(20)25)17-9-5-7-15-6-3-4-8-16(15)17/h3-12,20,24H,13H2,1-2H3. The molecule has 0 bridgehead atoms. The lowest BCUT2D eigenvalue weighted by atomic mass is 9.87. The van der Waals surface area contributed by atoms with Crippen LogP contribution < -0.4 is 5.32 Å². The van der Waals surface area contributed by atoms with Gasteiger partial charge in [0.15, 0.2) is 0 Å². The number of nitrogens with one attached hydrogen (secondary N) is 1. The average Bonchev–Trinajstić information content (AvgIpc) is 2.91. The second-order valence-corrected chi connectivity index (χ2v) is 7.92. The molecule has 26 heavy (non-hydrogen) atoms. The van der Waals surface area contributed by atoms with E-state index in [4.69, 9.17) is 4.74 Å². The number of carbonyl (C=O) groups excluding carboxylic acids is 1. The van der Waals surface area contributed by atoms with Crippen molar-refractivity contribution in [2.45, 2.75) is 31.9 Å². The Morgan fingerprint density at radius 3 is 2.69 bits per heavy atom. The lowest BCUT2D eigenvalue weighted by Crippen LogP contribution is -2.25. The number of cyclic esters (lactones) is 1. The molecule has 0 radical (unpaired) electrons. The fourth-order valence-electron chi connectivity index (χ4n) is 3.69. The largest absolute Gasteiger partial charge is 0.453 e. The molecule has 1 N–H and O–H groups in total. The van der Waals surface area contributed by atoms with Crippen LogP contribution in [0.5, 0.6) is 0 Å². The molecular weight excluding hydrogens is 390 g/mol. The first-order valence-corrected chi connectivity index (χ1v) is 9.49. The van der Waals surface area contributed by atoms with Crippen LogP contribution in [-0.2, 0) is 15.1 Å². The van der Waals surface area contributed by atoms with Crippen LogP contribution in [0.3, 0.4) is 0 Å². The molecule has 3 aromatic carbocycles. The highest BCUT2D eigenvalue weighted by atomic mass is 79.9. The molecule has 1 aliphatic heterocycles. The molecule has 3 nitrogen and oxygen atoms in total. The molecule has 2 atom stereocenters. The Balaban J connectivity index is 1.66. The van der Waals surface area contributed by atoms with Gasteiger partial charge in [-0.15, -0.1) is 0 Å². The quantitative estimate of drug-likeness (QED) is 0.575. The summed E-state index contributed by atoms with van der Waals surface area (Å²) in [5.74, 6) is -0.215. The topological polar surface area (TPSA) is 38.3 Å². The van der Waals surface area contributed by atoms with E-state index < -0.39 is 5.60 Å². The summed E-state index contributed by atoms with van der Waals surface area (Å²) < 4.78 is 6.82. The number of carbonyl (C=O) groups is 1. The number of anilines is 1. The molecule has 1 aliphatic rings. The van der Waals surface area contributed by atoms with Crippen LogP contribution in [0, 0.1) is 6.92 Å². The van der Waals surface area contributed by atoms with Crippen molar-refractivity contribution >= 4 is 38.4 Å². The Morgan fingerprint density at radius 2 is 1.88 bits per heavy atom. The first-order valence-electron chi connectivity index (χ1n) is 8.70. The van der Waals surface area contributed by atoms with Crippen molar-refractivity contribution in [2.24, 2.45) is 0 Å². The summed E-state index contributed by atoms with van der Waals surface area (Å²) in [4.78, 5) is 12.6. The molecule has 0 spiro atoms. The van der Waals surface area contributed by atoms with Crippen LogP contribution in [0.2, 0.25) is 0 Å². The van der Waals surface area contributed by atoms with Crippen LogP contribution in [0.15, 0.2) is 65.1 Å². The number of halogens is 1. The highest BCUT2D eigenvalue weighted by molar-refractivity contribution is 9.10. The molecule has 0 amide bonds. The predicted octanol–water partition coefficient (Wildman–Crippen LogP) is 5.55. The Bertz CT molecular complexity index is 995. The molecule has 0 saturated carbocycles. The van der Waals surface area contributed by atoms with Gasteiger partial charge in [0.2, 0.25) is 0 Å². The molecule has 1 heterocycles. The summed E-state index contributed by atoms with van der Waals surface area (Å²) in [6, 6.07) is 20.0. The minimum Gasteiger partial charge on any atom is -0.453 e. The Hall–Kier alpha value is -2.33. The molecule has 0 aliphatic carbocycles. The summed E-state index contributed by atoms with van der Waals surface area (Å²) in [6.45, 7) is 4.04. The van der Waals surface area contributed by atoms with Gasteiger partial charge in [0, 0.05) is 22.1 Å². The maximum atomic E-state index is 12.6. The molecule has 4 heteroatoms. The Morgan fingerprint density at radius 1 is 1.12 bits per heavy atom. The van der Waals surface area contributed by atoms with E-state index in [2.05, 4.69) is 45.5 Å². The lowest BCUT2D eigenvalue weighted by Gasteiger charge is -2.25. The van der Waals surface area contributed by atoms with Gasteiger partial charge in [-0.25, -0.2) is 4.79 Å². The number of rotatable bonds is 3. The van der Waals surface area contributed by atoms with E-state index in [1.807, 2.05) is 50.2 Å². The Kier molecular flexibility index (Phi) is 4.23. The highest BCUT2D eigenvalue weighted by Crippen LogP contribution is 2.41. The van der Waals surface area contributed by atoms with Crippen LogP contribution in [0.4, 0.5) is 5.69 Å². The number of aryl methyl sites for hydroxylation is 1. The minimum atomic E-state index is -0.646. The van der Waals surface area contributed by atoms with Gasteiger partial charge >= 0.3 is 5.97 Å². The van der Waals surface area contributed by atoms with Gasteiger partial charge in [-0.05, 0) is 58.2 Å². The number of ether oxygens (including phenoxy) is 1. The molecule has 0 aromatic heterocycles. The van der Waals surface area contributed by atoms with Crippen molar-refractivity contribution in [1.82, 2.24) is 0 Å². The second-order valence-electron chi connectivity index (χ2n) is 7.06. The lowest BCUT2D eigenvalue weighted by molar-refractivity contribution is -0.148. The third kappa shape index (κ3) is 2.99. The SMILES string of the molecule is Cc1ccc(NC2CC(C)(c3cccc4ccccc34)OC2=O)c(Br)c1. The van der Waals surface area contributed by atoms with Gasteiger partial charge in [0.1, 0.15) is 11.6 Å². The van der Waals surface area contributed by atoms with Crippen molar-refractivity contribution in [1.29, 1.82) is 0 Å². The second kappa shape index (κ2) is 6.44. The summed E-state index contributed by atoms with van der Waals surface area (Å²) in [5.41, 5.74) is 2.47.